The third-order valence-electron chi connectivity index (χ3n) is 4.68. The minimum absolute atomic E-state index is 0.198. The lowest BCUT2D eigenvalue weighted by molar-refractivity contribution is -0.153. The molecule has 2 rings (SSSR count). The molecule has 1 amide bonds. The van der Waals surface area contributed by atoms with Crippen molar-refractivity contribution in [3.63, 3.8) is 0 Å². The normalized spacial score (nSPS) is 12.7. The van der Waals surface area contributed by atoms with Gasteiger partial charge in [-0.05, 0) is 62.6 Å². The smallest absolute Gasteiger partial charge is 0.333 e. The highest BCUT2D eigenvalue weighted by Gasteiger charge is 2.20. The number of amides is 1. The summed E-state index contributed by atoms with van der Waals surface area (Å²) in [4.78, 5) is 23.9. The summed E-state index contributed by atoms with van der Waals surface area (Å²) in [7, 11) is 0. The van der Waals surface area contributed by atoms with Crippen LogP contribution in [0.3, 0.4) is 0 Å². The van der Waals surface area contributed by atoms with Crippen LogP contribution in [0.1, 0.15) is 43.0 Å². The van der Waals surface area contributed by atoms with Gasteiger partial charge in [0.15, 0.2) is 6.10 Å². The Balaban J connectivity index is 2.08. The number of carboxylic acids is 1. The molecular formula is C24H27BrFNO4. The van der Waals surface area contributed by atoms with E-state index in [0.29, 0.717) is 15.6 Å². The number of hydrogen-bond acceptors (Lipinski definition) is 3. The number of aliphatic carboxylic acids is 1. The van der Waals surface area contributed by atoms with E-state index in [9.17, 15) is 19.1 Å². The molecule has 1 unspecified atom stereocenters. The van der Waals surface area contributed by atoms with Crippen molar-refractivity contribution >= 4 is 33.9 Å². The second kappa shape index (κ2) is 11.2. The van der Waals surface area contributed by atoms with Gasteiger partial charge in [0.05, 0.1) is 6.10 Å². The van der Waals surface area contributed by atoms with Crippen molar-refractivity contribution in [3.8, 4) is 0 Å². The van der Waals surface area contributed by atoms with E-state index in [1.165, 1.54) is 12.1 Å². The van der Waals surface area contributed by atoms with Gasteiger partial charge >= 0.3 is 5.97 Å². The molecule has 2 aromatic carbocycles. The van der Waals surface area contributed by atoms with Gasteiger partial charge in [-0.1, -0.05) is 40.2 Å². The predicted molar refractivity (Wildman–Crippen MR) is 122 cm³/mol. The van der Waals surface area contributed by atoms with Gasteiger partial charge in [-0.15, -0.1) is 0 Å². The summed E-state index contributed by atoms with van der Waals surface area (Å²) in [6.45, 7) is 7.41. The van der Waals surface area contributed by atoms with Crippen molar-refractivity contribution in [3.05, 3.63) is 74.5 Å². The van der Waals surface area contributed by atoms with Crippen molar-refractivity contribution in [1.29, 1.82) is 0 Å². The zero-order valence-corrected chi connectivity index (χ0v) is 19.6. The molecule has 0 aliphatic heterocycles. The van der Waals surface area contributed by atoms with Crippen LogP contribution in [0, 0.1) is 12.7 Å². The highest BCUT2D eigenvalue weighted by molar-refractivity contribution is 9.10. The second-order valence-corrected chi connectivity index (χ2v) is 8.57. The molecular weight excluding hydrogens is 465 g/mol. The summed E-state index contributed by atoms with van der Waals surface area (Å²) < 4.78 is 20.1. The number of rotatable bonds is 9. The Bertz CT molecular complexity index is 988. The van der Waals surface area contributed by atoms with Gasteiger partial charge in [0.25, 0.3) is 0 Å². The third-order valence-corrected chi connectivity index (χ3v) is 5.17. The van der Waals surface area contributed by atoms with E-state index in [1.54, 1.807) is 32.9 Å². The second-order valence-electron chi connectivity index (χ2n) is 7.65. The third kappa shape index (κ3) is 7.60. The number of nitrogens with one attached hydrogen (secondary N) is 1. The van der Waals surface area contributed by atoms with E-state index in [2.05, 4.69) is 21.2 Å². The Kier molecular flexibility index (Phi) is 8.95. The zero-order chi connectivity index (χ0) is 23.1. The van der Waals surface area contributed by atoms with Gasteiger partial charge in [-0.25, -0.2) is 9.18 Å². The molecule has 0 saturated heterocycles. The maximum atomic E-state index is 14.0. The number of benzene rings is 2. The molecule has 31 heavy (non-hydrogen) atoms. The van der Waals surface area contributed by atoms with Crippen LogP contribution in [0.4, 0.5) is 4.39 Å². The van der Waals surface area contributed by atoms with E-state index >= 15 is 0 Å². The molecule has 0 aliphatic rings. The van der Waals surface area contributed by atoms with E-state index in [0.717, 1.165) is 16.7 Å². The topological polar surface area (TPSA) is 75.6 Å². The van der Waals surface area contributed by atoms with Gasteiger partial charge < -0.3 is 15.2 Å². The van der Waals surface area contributed by atoms with Crippen molar-refractivity contribution in [2.45, 2.75) is 52.9 Å². The van der Waals surface area contributed by atoms with Crippen LogP contribution in [0.15, 0.2) is 46.4 Å². The Hall–Kier alpha value is -2.51. The van der Waals surface area contributed by atoms with Gasteiger partial charge in [0, 0.05) is 28.6 Å². The van der Waals surface area contributed by atoms with Crippen molar-refractivity contribution in [1.82, 2.24) is 5.32 Å². The number of carboxylic acid groups (broad SMARTS) is 1. The number of aryl methyl sites for hydroxylation is 1. The molecule has 2 aromatic rings. The summed E-state index contributed by atoms with van der Waals surface area (Å²) in [6.07, 6.45) is 0.601. The fraction of sp³-hybridized carbons (Fsp3) is 0.333. The largest absolute Gasteiger partial charge is 0.479 e. The van der Waals surface area contributed by atoms with Crippen LogP contribution in [-0.2, 0) is 27.3 Å². The zero-order valence-electron chi connectivity index (χ0n) is 18.0. The van der Waals surface area contributed by atoms with Crippen LogP contribution in [0.2, 0.25) is 0 Å². The van der Waals surface area contributed by atoms with Crippen LogP contribution in [0.25, 0.3) is 6.08 Å². The first-order chi connectivity index (χ1) is 14.6. The summed E-state index contributed by atoms with van der Waals surface area (Å²) in [5.41, 5.74) is 3.38. The van der Waals surface area contributed by atoms with E-state index < -0.39 is 17.9 Å². The average molecular weight is 492 g/mol. The maximum absolute atomic E-state index is 14.0. The molecule has 5 nitrogen and oxygen atoms in total. The van der Waals surface area contributed by atoms with Crippen LogP contribution < -0.4 is 5.32 Å². The average Bonchev–Trinajstić information content (AvgIpc) is 2.69. The number of halogens is 2. The molecule has 0 aliphatic carbocycles. The van der Waals surface area contributed by atoms with Crippen LogP contribution >= 0.6 is 15.9 Å². The molecule has 0 radical (unpaired) electrons. The van der Waals surface area contributed by atoms with Gasteiger partial charge in [-0.2, -0.15) is 0 Å². The summed E-state index contributed by atoms with van der Waals surface area (Å²) in [5, 5.41) is 12.2. The molecule has 166 valence electrons. The highest BCUT2D eigenvalue weighted by atomic mass is 79.9. The Morgan fingerprint density at radius 2 is 1.94 bits per heavy atom. The van der Waals surface area contributed by atoms with Crippen molar-refractivity contribution in [2.24, 2.45) is 0 Å². The van der Waals surface area contributed by atoms with Crippen molar-refractivity contribution < 1.29 is 23.8 Å². The van der Waals surface area contributed by atoms with Crippen LogP contribution in [-0.4, -0.2) is 29.2 Å². The number of carbonyl (C=O) groups is 2. The summed E-state index contributed by atoms with van der Waals surface area (Å²) in [5.74, 6) is -1.73. The minimum atomic E-state index is -1.01. The molecule has 7 heteroatoms. The quantitative estimate of drug-likeness (QED) is 0.482. The Morgan fingerprint density at radius 3 is 2.55 bits per heavy atom. The summed E-state index contributed by atoms with van der Waals surface area (Å²) in [6, 6.07) is 10.3. The number of ether oxygens (including phenoxy) is 1. The molecule has 0 bridgehead atoms. The number of carbonyl (C=O) groups excluding carboxylic acids is 1. The van der Waals surface area contributed by atoms with E-state index in [1.807, 2.05) is 25.1 Å². The first-order valence-electron chi connectivity index (χ1n) is 9.95. The van der Waals surface area contributed by atoms with E-state index in [-0.39, 0.29) is 25.0 Å². The minimum Gasteiger partial charge on any atom is -0.479 e. The molecule has 1 atom stereocenters. The lowest BCUT2D eigenvalue weighted by Gasteiger charge is -2.17. The number of hydrogen-bond donors (Lipinski definition) is 2. The molecule has 0 spiro atoms. The maximum Gasteiger partial charge on any atom is 0.333 e. The predicted octanol–water partition coefficient (Wildman–Crippen LogP) is 5.04. The molecule has 0 fully saturated rings. The Labute approximate surface area is 190 Å². The molecule has 0 aromatic heterocycles. The standard InChI is InChI=1S/C24H27BrFNO4/c1-14(2)31-22(24(29)30)11-17-6-5-15(3)19(10-17)13-27-23(28)16(4)9-18-7-8-20(25)12-21(18)26/h5-10,12,14,22H,11,13H2,1-4H3,(H,27,28)(H,29,30)/b16-9+. The van der Waals surface area contributed by atoms with Crippen LogP contribution in [0.5, 0.6) is 0 Å². The molecule has 0 heterocycles. The molecule has 2 N–H and O–H groups in total. The lowest BCUT2D eigenvalue weighted by Crippen LogP contribution is -2.29. The van der Waals surface area contributed by atoms with Gasteiger partial charge in [0.1, 0.15) is 5.82 Å². The lowest BCUT2D eigenvalue weighted by atomic mass is 10.0. The highest BCUT2D eigenvalue weighted by Crippen LogP contribution is 2.18. The summed E-state index contributed by atoms with van der Waals surface area (Å²) >= 11 is 3.21. The first-order valence-corrected chi connectivity index (χ1v) is 10.7. The van der Waals surface area contributed by atoms with Crippen molar-refractivity contribution in [2.75, 3.05) is 0 Å². The Morgan fingerprint density at radius 1 is 1.23 bits per heavy atom. The van der Waals surface area contributed by atoms with Gasteiger partial charge in [-0.3, -0.25) is 4.79 Å². The first kappa shape index (κ1) is 24.8. The SMILES string of the molecule is C/C(=C\c1ccc(Br)cc1F)C(=O)NCc1cc(CC(OC(C)C)C(=O)O)ccc1C. The molecule has 0 saturated carbocycles. The fourth-order valence-electron chi connectivity index (χ4n) is 3.01. The van der Waals surface area contributed by atoms with Gasteiger partial charge in [0.2, 0.25) is 5.91 Å². The fourth-order valence-corrected chi connectivity index (χ4v) is 3.34. The monoisotopic (exact) mass is 491 g/mol. The van der Waals surface area contributed by atoms with E-state index in [4.69, 9.17) is 4.74 Å².